The summed E-state index contributed by atoms with van der Waals surface area (Å²) < 4.78 is 0. The van der Waals surface area contributed by atoms with E-state index in [9.17, 15) is 9.59 Å². The van der Waals surface area contributed by atoms with E-state index in [0.717, 1.165) is 49.7 Å². The van der Waals surface area contributed by atoms with Crippen molar-refractivity contribution < 1.29 is 9.59 Å². The van der Waals surface area contributed by atoms with Gasteiger partial charge >= 0.3 is 6.03 Å². The molecule has 3 rings (SSSR count). The number of carbonyl (C=O) groups excluding carboxylic acids is 2. The number of para-hydroxylation sites is 1. The molecule has 0 aromatic heterocycles. The number of nitrogens with one attached hydrogen (secondary N) is 1. The molecule has 1 saturated heterocycles. The van der Waals surface area contributed by atoms with Crippen LogP contribution in [0.15, 0.2) is 24.3 Å². The van der Waals surface area contributed by atoms with E-state index < -0.39 is 0 Å². The van der Waals surface area contributed by atoms with E-state index in [4.69, 9.17) is 0 Å². The smallest absolute Gasteiger partial charge is 0.317 e. The number of hydrogen-bond acceptors (Lipinski definition) is 3. The number of anilines is 1. The fourth-order valence-corrected chi connectivity index (χ4v) is 3.82. The van der Waals surface area contributed by atoms with Gasteiger partial charge in [-0.2, -0.15) is 11.8 Å². The zero-order valence-electron chi connectivity index (χ0n) is 12.6. The third kappa shape index (κ3) is 3.38. The summed E-state index contributed by atoms with van der Waals surface area (Å²) in [5.74, 6) is 1.91. The Labute approximate surface area is 135 Å². The zero-order chi connectivity index (χ0) is 15.4. The van der Waals surface area contributed by atoms with Crippen molar-refractivity contribution >= 4 is 29.4 Å². The van der Waals surface area contributed by atoms with Crippen LogP contribution in [0, 0.1) is 0 Å². The van der Waals surface area contributed by atoms with Gasteiger partial charge < -0.3 is 15.1 Å². The lowest BCUT2D eigenvalue weighted by Gasteiger charge is -2.30. The van der Waals surface area contributed by atoms with Gasteiger partial charge in [-0.1, -0.05) is 18.2 Å². The van der Waals surface area contributed by atoms with Crippen molar-refractivity contribution in [2.75, 3.05) is 42.6 Å². The van der Waals surface area contributed by atoms with Crippen molar-refractivity contribution in [2.24, 2.45) is 0 Å². The highest BCUT2D eigenvalue weighted by Crippen LogP contribution is 2.26. The highest BCUT2D eigenvalue weighted by atomic mass is 32.2. The molecule has 0 aliphatic carbocycles. The number of fused-ring (bicyclic) bond motifs is 1. The predicted molar refractivity (Wildman–Crippen MR) is 89.4 cm³/mol. The van der Waals surface area contributed by atoms with Gasteiger partial charge in [0.1, 0.15) is 0 Å². The van der Waals surface area contributed by atoms with E-state index in [-0.39, 0.29) is 18.5 Å². The summed E-state index contributed by atoms with van der Waals surface area (Å²) in [7, 11) is 0. The van der Waals surface area contributed by atoms with Gasteiger partial charge in [-0.25, -0.2) is 4.79 Å². The molecule has 0 saturated carbocycles. The molecule has 22 heavy (non-hydrogen) atoms. The molecule has 118 valence electrons. The van der Waals surface area contributed by atoms with E-state index in [1.807, 2.05) is 30.0 Å². The van der Waals surface area contributed by atoms with E-state index in [0.29, 0.717) is 0 Å². The summed E-state index contributed by atoms with van der Waals surface area (Å²) >= 11 is 1.86. The Kier molecular flexibility index (Phi) is 4.87. The number of nitrogens with zero attached hydrogens (tertiary/aromatic N) is 2. The van der Waals surface area contributed by atoms with Gasteiger partial charge in [0, 0.05) is 36.8 Å². The minimum Gasteiger partial charge on any atom is -0.329 e. The molecule has 0 unspecified atom stereocenters. The van der Waals surface area contributed by atoms with Crippen molar-refractivity contribution in [3.8, 4) is 0 Å². The Bertz CT molecular complexity index is 558. The second kappa shape index (κ2) is 7.05. The fourth-order valence-electron chi connectivity index (χ4n) is 2.92. The van der Waals surface area contributed by atoms with Crippen LogP contribution in [0.2, 0.25) is 0 Å². The first-order chi connectivity index (χ1) is 10.8. The van der Waals surface area contributed by atoms with Gasteiger partial charge in [0.15, 0.2) is 0 Å². The molecule has 1 aromatic rings. The summed E-state index contributed by atoms with van der Waals surface area (Å²) in [5.41, 5.74) is 2.20. The van der Waals surface area contributed by atoms with Crippen LogP contribution in [0.1, 0.15) is 12.0 Å². The Balaban J connectivity index is 1.57. The zero-order valence-corrected chi connectivity index (χ0v) is 13.4. The van der Waals surface area contributed by atoms with Crippen molar-refractivity contribution in [1.29, 1.82) is 0 Å². The van der Waals surface area contributed by atoms with Gasteiger partial charge in [-0.05, 0) is 24.5 Å². The van der Waals surface area contributed by atoms with E-state index >= 15 is 0 Å². The van der Waals surface area contributed by atoms with Crippen molar-refractivity contribution in [3.63, 3.8) is 0 Å². The number of benzene rings is 1. The molecule has 0 atom stereocenters. The summed E-state index contributed by atoms with van der Waals surface area (Å²) in [6.07, 6.45) is 1.98. The van der Waals surface area contributed by atoms with Gasteiger partial charge in [0.25, 0.3) is 0 Å². The molecule has 2 heterocycles. The maximum atomic E-state index is 12.4. The Morgan fingerprint density at radius 1 is 1.14 bits per heavy atom. The first kappa shape index (κ1) is 15.2. The molecular weight excluding hydrogens is 298 g/mol. The molecule has 2 aliphatic rings. The predicted octanol–water partition coefficient (Wildman–Crippen LogP) is 1.72. The summed E-state index contributed by atoms with van der Waals surface area (Å²) in [4.78, 5) is 28.1. The van der Waals surface area contributed by atoms with Gasteiger partial charge in [-0.3, -0.25) is 4.79 Å². The number of rotatable bonds is 2. The molecular formula is C16H21N3O2S. The van der Waals surface area contributed by atoms with Crippen molar-refractivity contribution in [3.05, 3.63) is 29.8 Å². The first-order valence-electron chi connectivity index (χ1n) is 7.74. The number of amides is 3. The van der Waals surface area contributed by atoms with E-state index in [2.05, 4.69) is 11.4 Å². The Morgan fingerprint density at radius 2 is 1.91 bits per heavy atom. The molecule has 5 nitrogen and oxygen atoms in total. The van der Waals surface area contributed by atoms with Crippen LogP contribution < -0.4 is 10.2 Å². The van der Waals surface area contributed by atoms with Crippen LogP contribution in [-0.2, 0) is 11.2 Å². The first-order valence-corrected chi connectivity index (χ1v) is 8.90. The maximum Gasteiger partial charge on any atom is 0.317 e. The molecule has 0 bridgehead atoms. The molecule has 6 heteroatoms. The largest absolute Gasteiger partial charge is 0.329 e. The minimum atomic E-state index is -0.126. The Hall–Kier alpha value is -1.69. The van der Waals surface area contributed by atoms with Crippen LogP contribution in [0.4, 0.5) is 10.5 Å². The SMILES string of the molecule is O=C(NCC(=O)N1CCCc2ccccc21)N1CCSCC1. The van der Waals surface area contributed by atoms with Crippen LogP contribution >= 0.6 is 11.8 Å². The molecule has 0 spiro atoms. The van der Waals surface area contributed by atoms with Gasteiger partial charge in [-0.15, -0.1) is 0 Å². The molecule has 1 fully saturated rings. The van der Waals surface area contributed by atoms with Crippen LogP contribution in [-0.4, -0.2) is 54.5 Å². The lowest BCUT2D eigenvalue weighted by atomic mass is 10.0. The fraction of sp³-hybridized carbons (Fsp3) is 0.500. The summed E-state index contributed by atoms with van der Waals surface area (Å²) in [6.45, 7) is 2.32. The molecule has 1 N–H and O–H groups in total. The monoisotopic (exact) mass is 319 g/mol. The second-order valence-electron chi connectivity index (χ2n) is 5.54. The third-order valence-electron chi connectivity index (χ3n) is 4.10. The highest BCUT2D eigenvalue weighted by molar-refractivity contribution is 7.99. The van der Waals surface area contributed by atoms with Crippen LogP contribution in [0.25, 0.3) is 0 Å². The molecule has 2 aliphatic heterocycles. The Morgan fingerprint density at radius 3 is 2.73 bits per heavy atom. The van der Waals surface area contributed by atoms with Gasteiger partial charge in [0.2, 0.25) is 5.91 Å². The third-order valence-corrected chi connectivity index (χ3v) is 5.04. The number of thioether (sulfide) groups is 1. The van der Waals surface area contributed by atoms with Crippen LogP contribution in [0.3, 0.4) is 0 Å². The van der Waals surface area contributed by atoms with Gasteiger partial charge in [0.05, 0.1) is 6.54 Å². The number of urea groups is 1. The second-order valence-corrected chi connectivity index (χ2v) is 6.76. The van der Waals surface area contributed by atoms with E-state index in [1.165, 1.54) is 5.56 Å². The summed E-state index contributed by atoms with van der Waals surface area (Å²) in [5, 5.41) is 2.77. The number of carbonyl (C=O) groups is 2. The quantitative estimate of drug-likeness (QED) is 0.903. The van der Waals surface area contributed by atoms with Crippen molar-refractivity contribution in [2.45, 2.75) is 12.8 Å². The van der Waals surface area contributed by atoms with Crippen molar-refractivity contribution in [1.82, 2.24) is 10.2 Å². The number of hydrogen-bond donors (Lipinski definition) is 1. The molecule has 1 aromatic carbocycles. The topological polar surface area (TPSA) is 52.7 Å². The molecule has 3 amide bonds. The number of aryl methyl sites for hydroxylation is 1. The lowest BCUT2D eigenvalue weighted by Crippen LogP contribution is -2.48. The van der Waals surface area contributed by atoms with E-state index in [1.54, 1.807) is 9.80 Å². The average Bonchev–Trinajstić information content (AvgIpc) is 2.59. The standard InChI is InChI=1S/C16H21N3O2S/c20-15(12-17-16(21)18-8-10-22-11-9-18)19-7-3-5-13-4-1-2-6-14(13)19/h1-2,4,6H,3,5,7-12H2,(H,17,21). The minimum absolute atomic E-state index is 0.0353. The van der Waals surface area contributed by atoms with Crippen LogP contribution in [0.5, 0.6) is 0 Å². The highest BCUT2D eigenvalue weighted by Gasteiger charge is 2.23. The summed E-state index contributed by atoms with van der Waals surface area (Å²) in [6, 6.07) is 7.88. The normalized spacial score (nSPS) is 17.8. The molecule has 0 radical (unpaired) electrons. The lowest BCUT2D eigenvalue weighted by molar-refractivity contribution is -0.117. The maximum absolute atomic E-state index is 12.4. The average molecular weight is 319 g/mol.